The Kier molecular flexibility index (Phi) is 7.30. The van der Waals surface area contributed by atoms with Crippen LogP contribution in [0.1, 0.15) is 60.2 Å². The molecule has 2 aromatic carbocycles. The molecule has 178 valence electrons. The molecule has 0 fully saturated rings. The Bertz CT molecular complexity index is 1160. The molecule has 4 rings (SSSR count). The third-order valence-electron chi connectivity index (χ3n) is 6.07. The van der Waals surface area contributed by atoms with E-state index in [-0.39, 0.29) is 17.9 Å². The molecule has 1 aliphatic heterocycles. The average molecular weight is 462 g/mol. The Morgan fingerprint density at radius 1 is 1.06 bits per heavy atom. The van der Waals surface area contributed by atoms with Gasteiger partial charge in [-0.05, 0) is 50.5 Å². The van der Waals surface area contributed by atoms with Crippen molar-refractivity contribution < 1.29 is 19.1 Å². The summed E-state index contributed by atoms with van der Waals surface area (Å²) in [6.07, 6.45) is 5.26. The van der Waals surface area contributed by atoms with E-state index in [9.17, 15) is 9.59 Å². The van der Waals surface area contributed by atoms with E-state index in [0.717, 1.165) is 35.9 Å². The number of hydrogen-bond acceptors (Lipinski definition) is 6. The Labute approximate surface area is 200 Å². The van der Waals surface area contributed by atoms with Crippen molar-refractivity contribution in [3.05, 3.63) is 59.8 Å². The van der Waals surface area contributed by atoms with Crippen molar-refractivity contribution in [3.63, 3.8) is 0 Å². The van der Waals surface area contributed by atoms with Gasteiger partial charge in [-0.25, -0.2) is 0 Å². The van der Waals surface area contributed by atoms with Crippen LogP contribution < -0.4 is 14.8 Å². The number of carbonyl (C=O) groups excluding carboxylic acids is 2. The number of hydrogen-bond donors (Lipinski definition) is 1. The van der Waals surface area contributed by atoms with Crippen LogP contribution in [0, 0.1) is 0 Å². The zero-order valence-electron chi connectivity index (χ0n) is 20.0. The lowest BCUT2D eigenvalue weighted by molar-refractivity contribution is 0.0651. The summed E-state index contributed by atoms with van der Waals surface area (Å²) in [5.41, 5.74) is 2.67. The molecule has 0 aliphatic carbocycles. The fourth-order valence-electron chi connectivity index (χ4n) is 4.27. The molecule has 1 aromatic heterocycles. The van der Waals surface area contributed by atoms with Crippen LogP contribution >= 0.6 is 0 Å². The smallest absolute Gasteiger partial charge is 0.261 e. The van der Waals surface area contributed by atoms with E-state index in [1.54, 1.807) is 37.6 Å². The molecule has 0 saturated carbocycles. The van der Waals surface area contributed by atoms with Gasteiger partial charge in [-0.3, -0.25) is 19.5 Å². The van der Waals surface area contributed by atoms with Crippen LogP contribution in [0.15, 0.2) is 48.7 Å². The molecule has 3 aromatic rings. The van der Waals surface area contributed by atoms with Crippen LogP contribution in [0.25, 0.3) is 10.9 Å². The van der Waals surface area contributed by atoms with Crippen molar-refractivity contribution >= 4 is 28.4 Å². The first kappa shape index (κ1) is 23.5. The molecule has 7 nitrogen and oxygen atoms in total. The normalized spacial score (nSPS) is 13.8. The van der Waals surface area contributed by atoms with E-state index in [2.05, 4.69) is 24.1 Å². The molecule has 0 spiro atoms. The number of aromatic nitrogens is 1. The van der Waals surface area contributed by atoms with Crippen LogP contribution in [-0.2, 0) is 0 Å². The molecule has 0 saturated heterocycles. The van der Waals surface area contributed by atoms with Gasteiger partial charge in [0, 0.05) is 30.2 Å². The highest BCUT2D eigenvalue weighted by atomic mass is 16.5. The summed E-state index contributed by atoms with van der Waals surface area (Å²) in [5.74, 6) is 0.958. The van der Waals surface area contributed by atoms with E-state index < -0.39 is 0 Å². The van der Waals surface area contributed by atoms with E-state index in [0.29, 0.717) is 42.2 Å². The number of nitrogens with zero attached hydrogens (tertiary/aromatic N) is 2. The van der Waals surface area contributed by atoms with Crippen molar-refractivity contribution in [3.8, 4) is 11.5 Å². The van der Waals surface area contributed by atoms with Crippen LogP contribution in [0.4, 0.5) is 5.69 Å². The van der Waals surface area contributed by atoms with Crippen molar-refractivity contribution in [1.29, 1.82) is 0 Å². The van der Waals surface area contributed by atoms with Gasteiger partial charge < -0.3 is 14.8 Å². The van der Waals surface area contributed by atoms with E-state index >= 15 is 0 Å². The predicted octanol–water partition coefficient (Wildman–Crippen LogP) is 5.30. The fourth-order valence-corrected chi connectivity index (χ4v) is 4.27. The van der Waals surface area contributed by atoms with Gasteiger partial charge in [-0.1, -0.05) is 25.5 Å². The lowest BCUT2D eigenvalue weighted by Crippen LogP contribution is -2.31. The molecule has 1 unspecified atom stereocenters. The van der Waals surface area contributed by atoms with Crippen molar-refractivity contribution in [2.75, 3.05) is 25.6 Å². The number of imide groups is 1. The second kappa shape index (κ2) is 10.5. The lowest BCUT2D eigenvalue weighted by atomic mass is 10.1. The largest absolute Gasteiger partial charge is 0.493 e. The third kappa shape index (κ3) is 4.69. The Hall–Kier alpha value is -3.61. The summed E-state index contributed by atoms with van der Waals surface area (Å²) in [4.78, 5) is 31.1. The second-order valence-corrected chi connectivity index (χ2v) is 8.55. The molecule has 1 atom stereocenters. The minimum Gasteiger partial charge on any atom is -0.493 e. The molecule has 1 N–H and O–H groups in total. The number of carbonyl (C=O) groups is 2. The standard InChI is InChI=1S/C27H31N3O4/c1-4-5-16-34-25-21-13-8-14-28-24(21)22(17-23(25)33-3)29-18(2)10-9-15-30-26(31)19-11-6-7-12-20(19)27(30)32/h6-8,11-14,17-18,29H,4-5,9-10,15-16H2,1-3H3. The summed E-state index contributed by atoms with van der Waals surface area (Å²) in [6.45, 7) is 5.22. The monoisotopic (exact) mass is 461 g/mol. The van der Waals surface area contributed by atoms with Crippen LogP contribution in [0.5, 0.6) is 11.5 Å². The highest BCUT2D eigenvalue weighted by molar-refractivity contribution is 6.21. The van der Waals surface area contributed by atoms with Gasteiger partial charge in [-0.2, -0.15) is 0 Å². The number of anilines is 1. The SMILES string of the molecule is CCCCOc1c(OC)cc(NC(C)CCCN2C(=O)c3ccccc3C2=O)c2ncccc12. The predicted molar refractivity (Wildman–Crippen MR) is 133 cm³/mol. The average Bonchev–Trinajstić information content (AvgIpc) is 3.10. The maximum absolute atomic E-state index is 12.6. The van der Waals surface area contributed by atoms with Gasteiger partial charge in [0.05, 0.1) is 36.0 Å². The van der Waals surface area contributed by atoms with Gasteiger partial charge in [0.2, 0.25) is 0 Å². The maximum atomic E-state index is 12.6. The molecule has 1 aliphatic rings. The summed E-state index contributed by atoms with van der Waals surface area (Å²) in [5, 5.41) is 4.43. The Balaban J connectivity index is 1.43. The highest BCUT2D eigenvalue weighted by Crippen LogP contribution is 2.40. The van der Waals surface area contributed by atoms with Crippen molar-refractivity contribution in [1.82, 2.24) is 9.88 Å². The maximum Gasteiger partial charge on any atom is 0.261 e. The summed E-state index contributed by atoms with van der Waals surface area (Å²) < 4.78 is 11.7. The molecule has 7 heteroatoms. The highest BCUT2D eigenvalue weighted by Gasteiger charge is 2.34. The Morgan fingerprint density at radius 2 is 1.79 bits per heavy atom. The summed E-state index contributed by atoms with van der Waals surface area (Å²) in [6, 6.07) is 12.9. The summed E-state index contributed by atoms with van der Waals surface area (Å²) >= 11 is 0. The first-order valence-corrected chi connectivity index (χ1v) is 11.9. The molecule has 0 radical (unpaired) electrons. The van der Waals surface area contributed by atoms with Crippen molar-refractivity contribution in [2.45, 2.75) is 45.6 Å². The van der Waals surface area contributed by atoms with Gasteiger partial charge in [0.15, 0.2) is 11.5 Å². The molecule has 34 heavy (non-hydrogen) atoms. The van der Waals surface area contributed by atoms with Crippen LogP contribution in [0.3, 0.4) is 0 Å². The van der Waals surface area contributed by atoms with E-state index in [4.69, 9.17) is 9.47 Å². The number of unbranched alkanes of at least 4 members (excludes halogenated alkanes) is 1. The Morgan fingerprint density at radius 3 is 2.47 bits per heavy atom. The quantitative estimate of drug-likeness (QED) is 0.308. The molecule has 0 bridgehead atoms. The topological polar surface area (TPSA) is 80.8 Å². The van der Waals surface area contributed by atoms with Crippen LogP contribution in [-0.4, -0.2) is 48.0 Å². The summed E-state index contributed by atoms with van der Waals surface area (Å²) in [7, 11) is 1.64. The number of ether oxygens (including phenoxy) is 2. The number of nitrogens with one attached hydrogen (secondary N) is 1. The number of amides is 2. The number of fused-ring (bicyclic) bond motifs is 2. The number of rotatable bonds is 11. The van der Waals surface area contributed by atoms with Gasteiger partial charge in [0.25, 0.3) is 11.8 Å². The van der Waals surface area contributed by atoms with Gasteiger partial charge >= 0.3 is 0 Å². The lowest BCUT2D eigenvalue weighted by Gasteiger charge is -2.21. The number of pyridine rings is 1. The van der Waals surface area contributed by atoms with Gasteiger partial charge in [-0.15, -0.1) is 0 Å². The minimum atomic E-state index is -0.209. The molecule has 2 heterocycles. The van der Waals surface area contributed by atoms with E-state index in [1.807, 2.05) is 18.2 Å². The number of methoxy groups -OCH3 is 1. The number of benzene rings is 2. The fraction of sp³-hybridized carbons (Fsp3) is 0.370. The van der Waals surface area contributed by atoms with Crippen molar-refractivity contribution in [2.24, 2.45) is 0 Å². The molecular formula is C27H31N3O4. The minimum absolute atomic E-state index is 0.0944. The van der Waals surface area contributed by atoms with Crippen LogP contribution in [0.2, 0.25) is 0 Å². The van der Waals surface area contributed by atoms with Gasteiger partial charge in [0.1, 0.15) is 0 Å². The molecular weight excluding hydrogens is 430 g/mol. The molecule has 2 amide bonds. The first-order chi connectivity index (χ1) is 16.5. The van der Waals surface area contributed by atoms with E-state index in [1.165, 1.54) is 4.90 Å². The third-order valence-corrected chi connectivity index (χ3v) is 6.07. The second-order valence-electron chi connectivity index (χ2n) is 8.55. The zero-order valence-corrected chi connectivity index (χ0v) is 20.0. The first-order valence-electron chi connectivity index (χ1n) is 11.9. The zero-order chi connectivity index (χ0) is 24.1.